The molecule has 0 saturated carbocycles. The number of hydrogen-bond acceptors (Lipinski definition) is 5. The third kappa shape index (κ3) is 3.29. The lowest BCUT2D eigenvalue weighted by Gasteiger charge is -2.09. The van der Waals surface area contributed by atoms with Crippen molar-refractivity contribution in [3.63, 3.8) is 0 Å². The number of nitrogens with one attached hydrogen (secondary N) is 1. The molecule has 0 aliphatic rings. The van der Waals surface area contributed by atoms with Crippen LogP contribution in [-0.2, 0) is 13.1 Å². The summed E-state index contributed by atoms with van der Waals surface area (Å²) in [5, 5.41) is 22.4. The monoisotopic (exact) mass is 300 g/mol. The smallest absolute Gasteiger partial charge is 0.102 e. The summed E-state index contributed by atoms with van der Waals surface area (Å²) in [4.78, 5) is 1.24. The topological polar surface area (TPSA) is 63.0 Å². The molecule has 108 valence electrons. The summed E-state index contributed by atoms with van der Waals surface area (Å²) in [6, 6.07) is 12.4. The van der Waals surface area contributed by atoms with Crippen molar-refractivity contribution in [2.45, 2.75) is 13.1 Å². The molecule has 0 unspecified atom stereocenters. The van der Waals surface area contributed by atoms with E-state index in [-0.39, 0.29) is 6.61 Å². The fourth-order valence-corrected chi connectivity index (χ4v) is 2.87. The number of thiophene rings is 1. The largest absolute Gasteiger partial charge is 0.394 e. The first-order valence-corrected chi connectivity index (χ1v) is 7.61. The van der Waals surface area contributed by atoms with Gasteiger partial charge < -0.3 is 10.4 Å². The molecule has 1 aromatic carbocycles. The molecule has 0 amide bonds. The molecule has 3 aromatic rings. The number of anilines is 1. The molecule has 2 aromatic heterocycles. The number of hydrogen-bond donors (Lipinski definition) is 2. The molecule has 0 spiro atoms. The predicted molar refractivity (Wildman–Crippen MR) is 84.2 cm³/mol. The molecule has 0 saturated heterocycles. The van der Waals surface area contributed by atoms with Crippen LogP contribution < -0.4 is 5.32 Å². The Labute approximate surface area is 126 Å². The van der Waals surface area contributed by atoms with Crippen LogP contribution in [-0.4, -0.2) is 26.7 Å². The van der Waals surface area contributed by atoms with E-state index >= 15 is 0 Å². The number of benzene rings is 1. The van der Waals surface area contributed by atoms with Gasteiger partial charge in [-0.2, -0.15) is 0 Å². The lowest BCUT2D eigenvalue weighted by molar-refractivity contribution is 0.268. The van der Waals surface area contributed by atoms with Crippen LogP contribution in [0.2, 0.25) is 0 Å². The standard InChI is InChI=1S/C15H16N4OS/c20-8-7-19-11-12(17-18-19)10-16-14-5-2-1-4-13(14)15-6-3-9-21-15/h1-6,9,11,16,20H,7-8,10H2. The molecular weight excluding hydrogens is 284 g/mol. The van der Waals surface area contributed by atoms with Crippen molar-refractivity contribution in [1.29, 1.82) is 0 Å². The number of nitrogens with zero attached hydrogens (tertiary/aromatic N) is 3. The van der Waals surface area contributed by atoms with Crippen molar-refractivity contribution in [3.8, 4) is 10.4 Å². The number of aliphatic hydroxyl groups is 1. The van der Waals surface area contributed by atoms with Crippen LogP contribution in [0.15, 0.2) is 48.0 Å². The minimum absolute atomic E-state index is 0.0669. The van der Waals surface area contributed by atoms with Gasteiger partial charge in [0.05, 0.1) is 25.9 Å². The van der Waals surface area contributed by atoms with E-state index in [9.17, 15) is 0 Å². The first kappa shape index (κ1) is 13.8. The van der Waals surface area contributed by atoms with E-state index in [1.165, 1.54) is 10.4 Å². The molecule has 0 radical (unpaired) electrons. The number of rotatable bonds is 6. The Kier molecular flexibility index (Phi) is 4.28. The average Bonchev–Trinajstić information content (AvgIpc) is 3.17. The molecule has 2 N–H and O–H groups in total. The second-order valence-electron chi connectivity index (χ2n) is 4.57. The van der Waals surface area contributed by atoms with Crippen molar-refractivity contribution in [3.05, 3.63) is 53.7 Å². The third-order valence-corrected chi connectivity index (χ3v) is 3.99. The molecule has 21 heavy (non-hydrogen) atoms. The maximum atomic E-state index is 8.88. The minimum Gasteiger partial charge on any atom is -0.394 e. The Balaban J connectivity index is 1.73. The van der Waals surface area contributed by atoms with E-state index in [0.29, 0.717) is 13.1 Å². The van der Waals surface area contributed by atoms with Gasteiger partial charge in [-0.25, -0.2) is 4.68 Å². The van der Waals surface area contributed by atoms with E-state index in [2.05, 4.69) is 45.3 Å². The first-order valence-electron chi connectivity index (χ1n) is 6.73. The second-order valence-corrected chi connectivity index (χ2v) is 5.52. The van der Waals surface area contributed by atoms with E-state index in [0.717, 1.165) is 11.4 Å². The molecule has 0 bridgehead atoms. The van der Waals surface area contributed by atoms with Gasteiger partial charge in [0, 0.05) is 16.1 Å². The quantitative estimate of drug-likeness (QED) is 0.734. The molecule has 2 heterocycles. The normalized spacial score (nSPS) is 10.7. The van der Waals surface area contributed by atoms with Gasteiger partial charge in [-0.15, -0.1) is 16.4 Å². The van der Waals surface area contributed by atoms with Gasteiger partial charge >= 0.3 is 0 Å². The van der Waals surface area contributed by atoms with Crippen LogP contribution in [0.3, 0.4) is 0 Å². The Morgan fingerprint density at radius 1 is 1.19 bits per heavy atom. The lowest BCUT2D eigenvalue weighted by Crippen LogP contribution is -2.02. The van der Waals surface area contributed by atoms with Gasteiger partial charge in [0.15, 0.2) is 0 Å². The van der Waals surface area contributed by atoms with Crippen LogP contribution in [0, 0.1) is 0 Å². The Bertz CT molecular complexity index is 693. The summed E-state index contributed by atoms with van der Waals surface area (Å²) in [6.45, 7) is 1.14. The van der Waals surface area contributed by atoms with Crippen LogP contribution >= 0.6 is 11.3 Å². The molecule has 3 rings (SSSR count). The van der Waals surface area contributed by atoms with Crippen molar-refractivity contribution in [1.82, 2.24) is 15.0 Å². The second kappa shape index (κ2) is 6.51. The zero-order valence-electron chi connectivity index (χ0n) is 11.4. The fraction of sp³-hybridized carbons (Fsp3) is 0.200. The summed E-state index contributed by atoms with van der Waals surface area (Å²) >= 11 is 1.72. The Hall–Kier alpha value is -2.18. The molecule has 5 nitrogen and oxygen atoms in total. The summed E-state index contributed by atoms with van der Waals surface area (Å²) in [5.41, 5.74) is 3.12. The van der Waals surface area contributed by atoms with Gasteiger partial charge in [-0.3, -0.25) is 0 Å². The molecule has 0 aliphatic heterocycles. The van der Waals surface area contributed by atoms with E-state index in [4.69, 9.17) is 5.11 Å². The van der Waals surface area contributed by atoms with E-state index < -0.39 is 0 Å². The van der Waals surface area contributed by atoms with Crippen molar-refractivity contribution in [2.75, 3.05) is 11.9 Å². The van der Waals surface area contributed by atoms with Gasteiger partial charge in [-0.05, 0) is 17.5 Å². The highest BCUT2D eigenvalue weighted by molar-refractivity contribution is 7.13. The van der Waals surface area contributed by atoms with Gasteiger partial charge in [0.25, 0.3) is 0 Å². The molecular formula is C15H16N4OS. The maximum Gasteiger partial charge on any atom is 0.102 e. The van der Waals surface area contributed by atoms with Gasteiger partial charge in [0.1, 0.15) is 5.69 Å². The van der Waals surface area contributed by atoms with Crippen LogP contribution in [0.25, 0.3) is 10.4 Å². The summed E-state index contributed by atoms with van der Waals surface area (Å²) in [6.07, 6.45) is 1.84. The minimum atomic E-state index is 0.0669. The van der Waals surface area contributed by atoms with Gasteiger partial charge in [0.2, 0.25) is 0 Å². The van der Waals surface area contributed by atoms with E-state index in [1.807, 2.05) is 18.3 Å². The maximum absolute atomic E-state index is 8.88. The number of para-hydroxylation sites is 1. The van der Waals surface area contributed by atoms with Crippen molar-refractivity contribution in [2.24, 2.45) is 0 Å². The summed E-state index contributed by atoms with van der Waals surface area (Å²) in [7, 11) is 0. The predicted octanol–water partition coefficient (Wildman–Crippen LogP) is 2.61. The molecule has 0 fully saturated rings. The molecule has 0 aliphatic carbocycles. The Morgan fingerprint density at radius 3 is 2.90 bits per heavy atom. The van der Waals surface area contributed by atoms with Crippen molar-refractivity contribution < 1.29 is 5.11 Å². The Morgan fingerprint density at radius 2 is 2.10 bits per heavy atom. The SMILES string of the molecule is OCCn1cc(CNc2ccccc2-c2cccs2)nn1. The third-order valence-electron chi connectivity index (χ3n) is 3.09. The van der Waals surface area contributed by atoms with Crippen LogP contribution in [0.5, 0.6) is 0 Å². The van der Waals surface area contributed by atoms with Crippen LogP contribution in [0.1, 0.15) is 5.69 Å². The summed E-state index contributed by atoms with van der Waals surface area (Å²) in [5.74, 6) is 0. The van der Waals surface area contributed by atoms with Crippen molar-refractivity contribution >= 4 is 17.0 Å². The molecule has 6 heteroatoms. The number of aromatic nitrogens is 3. The number of aliphatic hydroxyl groups excluding tert-OH is 1. The fourth-order valence-electron chi connectivity index (χ4n) is 2.10. The van der Waals surface area contributed by atoms with Crippen LogP contribution in [0.4, 0.5) is 5.69 Å². The lowest BCUT2D eigenvalue weighted by atomic mass is 10.1. The van der Waals surface area contributed by atoms with Gasteiger partial charge in [-0.1, -0.05) is 29.5 Å². The highest BCUT2D eigenvalue weighted by Gasteiger charge is 2.06. The first-order chi connectivity index (χ1) is 10.4. The highest BCUT2D eigenvalue weighted by Crippen LogP contribution is 2.31. The molecule has 0 atom stereocenters. The average molecular weight is 300 g/mol. The summed E-state index contributed by atoms with van der Waals surface area (Å²) < 4.78 is 1.64. The zero-order chi connectivity index (χ0) is 14.5. The zero-order valence-corrected chi connectivity index (χ0v) is 12.3. The van der Waals surface area contributed by atoms with E-state index in [1.54, 1.807) is 16.0 Å². The highest BCUT2D eigenvalue weighted by atomic mass is 32.1.